The molecule has 0 saturated heterocycles. The molecule has 1 amide bonds. The van der Waals surface area contributed by atoms with E-state index in [1.54, 1.807) is 19.1 Å². The number of fused-ring (bicyclic) bond motifs is 2. The molecule has 3 aromatic rings. The molecule has 2 aromatic carbocycles. The number of amides is 1. The van der Waals surface area contributed by atoms with Gasteiger partial charge in [0, 0.05) is 11.4 Å². The van der Waals surface area contributed by atoms with Crippen LogP contribution in [0.15, 0.2) is 53.4 Å². The highest BCUT2D eigenvalue weighted by Gasteiger charge is 2.30. The van der Waals surface area contributed by atoms with Crippen molar-refractivity contribution in [3.05, 3.63) is 75.7 Å². The van der Waals surface area contributed by atoms with E-state index in [9.17, 15) is 22.8 Å². The van der Waals surface area contributed by atoms with Crippen molar-refractivity contribution >= 4 is 49.9 Å². The largest absolute Gasteiger partial charge is 0.462 e. The highest BCUT2D eigenvalue weighted by atomic mass is 32.2. The van der Waals surface area contributed by atoms with E-state index in [1.807, 2.05) is 12.1 Å². The number of esters is 2. The number of nitrogens with one attached hydrogen (secondary N) is 1. The number of aryl methyl sites for hydroxylation is 2. The van der Waals surface area contributed by atoms with Crippen molar-refractivity contribution in [2.75, 3.05) is 29.4 Å². The van der Waals surface area contributed by atoms with E-state index < -0.39 is 34.5 Å². The molecular weight excluding hydrogens is 552 g/mol. The molecule has 9 nitrogen and oxygen atoms in total. The lowest BCUT2D eigenvalue weighted by Gasteiger charge is -2.30. The molecule has 0 bridgehead atoms. The average molecular weight is 583 g/mol. The van der Waals surface area contributed by atoms with Crippen LogP contribution in [-0.4, -0.2) is 46.0 Å². The maximum Gasteiger partial charge on any atom is 0.341 e. The first-order chi connectivity index (χ1) is 19.3. The van der Waals surface area contributed by atoms with Crippen molar-refractivity contribution < 1.29 is 32.3 Å². The van der Waals surface area contributed by atoms with Gasteiger partial charge in [-0.15, -0.1) is 11.3 Å². The van der Waals surface area contributed by atoms with Crippen LogP contribution >= 0.6 is 11.3 Å². The monoisotopic (exact) mass is 582 g/mol. The van der Waals surface area contributed by atoms with Crippen molar-refractivity contribution in [3.8, 4) is 0 Å². The molecule has 1 aliphatic carbocycles. The Kier molecular flexibility index (Phi) is 8.22. The molecule has 1 N–H and O–H groups in total. The number of anilines is 2. The van der Waals surface area contributed by atoms with E-state index in [1.165, 1.54) is 39.9 Å². The third-order valence-electron chi connectivity index (χ3n) is 6.96. The van der Waals surface area contributed by atoms with Gasteiger partial charge < -0.3 is 14.8 Å². The van der Waals surface area contributed by atoms with Crippen molar-refractivity contribution in [3.63, 3.8) is 0 Å². The summed E-state index contributed by atoms with van der Waals surface area (Å²) in [4.78, 5) is 39.1. The molecule has 0 unspecified atom stereocenters. The van der Waals surface area contributed by atoms with Gasteiger partial charge >= 0.3 is 11.9 Å². The molecule has 210 valence electrons. The van der Waals surface area contributed by atoms with Gasteiger partial charge in [0.05, 0.1) is 28.3 Å². The topological polar surface area (TPSA) is 119 Å². The number of benzene rings is 2. The maximum atomic E-state index is 13.5. The second-order valence-electron chi connectivity index (χ2n) is 9.60. The van der Waals surface area contributed by atoms with Crippen LogP contribution in [0.2, 0.25) is 0 Å². The quantitative estimate of drug-likeness (QED) is 0.381. The van der Waals surface area contributed by atoms with Crippen LogP contribution in [0.25, 0.3) is 0 Å². The minimum Gasteiger partial charge on any atom is -0.462 e. The summed E-state index contributed by atoms with van der Waals surface area (Å²) in [6.45, 7) is 1.68. The Bertz CT molecular complexity index is 1560. The number of nitrogens with zero attached hydrogens (tertiary/aromatic N) is 1. The number of rotatable bonds is 8. The maximum absolute atomic E-state index is 13.5. The number of thiophene rings is 1. The summed E-state index contributed by atoms with van der Waals surface area (Å²) >= 11 is 1.34. The van der Waals surface area contributed by atoms with Gasteiger partial charge in [-0.2, -0.15) is 0 Å². The summed E-state index contributed by atoms with van der Waals surface area (Å²) in [6, 6.07) is 13.0. The van der Waals surface area contributed by atoms with Crippen LogP contribution in [0.4, 0.5) is 10.7 Å². The molecule has 40 heavy (non-hydrogen) atoms. The smallest absolute Gasteiger partial charge is 0.341 e. The van der Waals surface area contributed by atoms with Crippen LogP contribution in [0, 0.1) is 0 Å². The van der Waals surface area contributed by atoms with Crippen LogP contribution in [0.5, 0.6) is 0 Å². The zero-order chi connectivity index (χ0) is 28.3. The number of ether oxygens (including phenoxy) is 2. The van der Waals surface area contributed by atoms with Crippen molar-refractivity contribution in [1.29, 1.82) is 0 Å². The van der Waals surface area contributed by atoms with E-state index >= 15 is 0 Å². The van der Waals surface area contributed by atoms with Crippen LogP contribution < -0.4 is 9.62 Å². The first-order valence-electron chi connectivity index (χ1n) is 13.3. The average Bonchev–Trinajstić information content (AvgIpc) is 3.33. The summed E-state index contributed by atoms with van der Waals surface area (Å²) < 4.78 is 38.8. The fourth-order valence-electron chi connectivity index (χ4n) is 5.11. The number of carbonyl (C=O) groups excluding carboxylic acids is 3. The SMILES string of the molecule is CCOC(=O)c1c(NC(=O)COC(=O)c2cccc(S(=O)(=O)N3CCCc4ccccc43)c2)sc2c1CCCC2. The Hall–Kier alpha value is -3.70. The standard InChI is InChI=1S/C29H30N2O7S2/c1-2-37-29(34)26-22-13-4-6-15-24(22)39-27(26)30-25(32)18-38-28(33)20-10-7-12-21(17-20)40(35,36)31-16-8-11-19-9-3-5-14-23(19)31/h3,5,7,9-10,12,14,17H,2,4,6,8,11,13,15-16,18H2,1H3,(H,30,32). The molecule has 0 atom stereocenters. The Morgan fingerprint density at radius 3 is 2.58 bits per heavy atom. The fraction of sp³-hybridized carbons (Fsp3) is 0.345. The van der Waals surface area contributed by atoms with E-state index in [2.05, 4.69) is 5.32 Å². The molecule has 0 radical (unpaired) electrons. The molecule has 2 heterocycles. The zero-order valence-electron chi connectivity index (χ0n) is 22.1. The van der Waals surface area contributed by atoms with Gasteiger partial charge in [0.25, 0.3) is 15.9 Å². The second-order valence-corrected chi connectivity index (χ2v) is 12.6. The molecule has 5 rings (SSSR count). The third kappa shape index (κ3) is 5.62. The van der Waals surface area contributed by atoms with Gasteiger partial charge in [-0.1, -0.05) is 24.3 Å². The van der Waals surface area contributed by atoms with Crippen LogP contribution in [0.1, 0.15) is 62.9 Å². The third-order valence-corrected chi connectivity index (χ3v) is 9.98. The predicted molar refractivity (Wildman–Crippen MR) is 152 cm³/mol. The van der Waals surface area contributed by atoms with Gasteiger partial charge in [-0.05, 0) is 80.8 Å². The fourth-order valence-corrected chi connectivity index (χ4v) is 7.99. The Labute approximate surface area is 237 Å². The molecular formula is C29H30N2O7S2. The molecule has 0 spiro atoms. The summed E-state index contributed by atoms with van der Waals surface area (Å²) in [6.07, 6.45) is 5.04. The van der Waals surface area contributed by atoms with Crippen molar-refractivity contribution in [2.24, 2.45) is 0 Å². The van der Waals surface area contributed by atoms with Crippen LogP contribution in [0.3, 0.4) is 0 Å². The van der Waals surface area contributed by atoms with Crippen LogP contribution in [-0.2, 0) is 43.6 Å². The van der Waals surface area contributed by atoms with E-state index in [0.717, 1.165) is 48.1 Å². The lowest BCUT2D eigenvalue weighted by Crippen LogP contribution is -2.35. The minimum absolute atomic E-state index is 0.0120. The number of carbonyl (C=O) groups is 3. The molecule has 0 saturated carbocycles. The lowest BCUT2D eigenvalue weighted by molar-refractivity contribution is -0.119. The van der Waals surface area contributed by atoms with E-state index in [-0.39, 0.29) is 17.1 Å². The van der Waals surface area contributed by atoms with Gasteiger partial charge in [0.2, 0.25) is 0 Å². The van der Waals surface area contributed by atoms with Gasteiger partial charge in [-0.25, -0.2) is 18.0 Å². The lowest BCUT2D eigenvalue weighted by atomic mass is 9.95. The molecule has 0 fully saturated rings. The highest BCUT2D eigenvalue weighted by molar-refractivity contribution is 7.92. The summed E-state index contributed by atoms with van der Waals surface area (Å²) in [5.41, 5.74) is 2.89. The Morgan fingerprint density at radius 2 is 1.75 bits per heavy atom. The van der Waals surface area contributed by atoms with Crippen molar-refractivity contribution in [1.82, 2.24) is 0 Å². The Balaban J connectivity index is 1.27. The number of hydrogen-bond acceptors (Lipinski definition) is 8. The van der Waals surface area contributed by atoms with Crippen molar-refractivity contribution in [2.45, 2.75) is 50.3 Å². The first-order valence-corrected chi connectivity index (χ1v) is 15.5. The number of hydrogen-bond donors (Lipinski definition) is 1. The highest BCUT2D eigenvalue weighted by Crippen LogP contribution is 2.38. The second kappa shape index (κ2) is 11.8. The number of sulfonamides is 1. The Morgan fingerprint density at radius 1 is 0.950 bits per heavy atom. The molecule has 2 aliphatic rings. The molecule has 11 heteroatoms. The summed E-state index contributed by atoms with van der Waals surface area (Å²) in [5, 5.41) is 3.09. The summed E-state index contributed by atoms with van der Waals surface area (Å²) in [5.74, 6) is -1.92. The van der Waals surface area contributed by atoms with E-state index in [4.69, 9.17) is 9.47 Å². The predicted octanol–water partition coefficient (Wildman–Crippen LogP) is 4.74. The van der Waals surface area contributed by atoms with Gasteiger partial charge in [0.15, 0.2) is 6.61 Å². The summed E-state index contributed by atoms with van der Waals surface area (Å²) in [7, 11) is -3.92. The number of para-hydroxylation sites is 1. The van der Waals surface area contributed by atoms with Gasteiger partial charge in [-0.3, -0.25) is 9.10 Å². The first kappa shape index (κ1) is 27.9. The van der Waals surface area contributed by atoms with Gasteiger partial charge in [0.1, 0.15) is 5.00 Å². The zero-order valence-corrected chi connectivity index (χ0v) is 23.7. The molecule has 1 aromatic heterocycles. The minimum atomic E-state index is -3.92. The van der Waals surface area contributed by atoms with E-state index in [0.29, 0.717) is 29.2 Å². The molecule has 1 aliphatic heterocycles. The normalized spacial score (nSPS) is 14.6.